The minimum Gasteiger partial charge on any atom is -0.491 e. The van der Waals surface area contributed by atoms with Crippen molar-refractivity contribution in [3.8, 4) is 5.75 Å². The van der Waals surface area contributed by atoms with E-state index in [2.05, 4.69) is 20.9 Å². The molecule has 2 aromatic carbocycles. The smallest absolute Gasteiger partial charge is 0.334 e. The van der Waals surface area contributed by atoms with E-state index in [1.807, 2.05) is 20.8 Å². The van der Waals surface area contributed by atoms with E-state index < -0.39 is 18.1 Å². The Labute approximate surface area is 208 Å². The second kappa shape index (κ2) is 13.3. The lowest BCUT2D eigenvalue weighted by molar-refractivity contribution is -0.147. The van der Waals surface area contributed by atoms with Crippen LogP contribution in [-0.4, -0.2) is 53.9 Å². The molecule has 11 nitrogen and oxygen atoms in total. The molecule has 2 amide bonds. The number of guanidine groups is 1. The van der Waals surface area contributed by atoms with Crippen molar-refractivity contribution in [3.05, 3.63) is 63.5 Å². The number of nitrogens with zero attached hydrogens (tertiary/aromatic N) is 3. The maximum atomic E-state index is 12.5. The SMILES string of the molecule is CO[C@@H](CNC(=O)NC(=Nc1ccc(OC(C)C)c(C)c1)N(Cc1ccc(Cl)cc1)N=O)C(=O)O. The fourth-order valence-electron chi connectivity index (χ4n) is 2.87. The van der Waals surface area contributed by atoms with Gasteiger partial charge in [-0.2, -0.15) is 5.01 Å². The van der Waals surface area contributed by atoms with Gasteiger partial charge in [-0.1, -0.05) is 23.7 Å². The lowest BCUT2D eigenvalue weighted by Crippen LogP contribution is -2.48. The predicted octanol–water partition coefficient (Wildman–Crippen LogP) is 4.01. The number of nitroso groups, excluding NO2 is 1. The number of halogens is 1. The molecule has 0 aliphatic carbocycles. The first kappa shape index (κ1) is 27.5. The topological polar surface area (TPSA) is 142 Å². The number of methoxy groups -OCH3 is 1. The molecule has 188 valence electrons. The number of urea groups is 1. The maximum absolute atomic E-state index is 12.5. The molecule has 12 heteroatoms. The zero-order valence-electron chi connectivity index (χ0n) is 19.8. The van der Waals surface area contributed by atoms with Crippen LogP contribution in [-0.2, 0) is 16.1 Å². The quantitative estimate of drug-likeness (QED) is 0.192. The number of carboxylic acids is 1. The van der Waals surface area contributed by atoms with Gasteiger partial charge >= 0.3 is 12.0 Å². The second-order valence-corrected chi connectivity index (χ2v) is 8.15. The summed E-state index contributed by atoms with van der Waals surface area (Å²) in [5.41, 5.74) is 1.92. The van der Waals surface area contributed by atoms with Crippen LogP contribution in [0.4, 0.5) is 10.5 Å². The Hall–Kier alpha value is -3.70. The third kappa shape index (κ3) is 8.87. The first-order valence-electron chi connectivity index (χ1n) is 10.6. The van der Waals surface area contributed by atoms with Gasteiger partial charge in [-0.05, 0) is 62.2 Å². The molecule has 0 aliphatic rings. The molecule has 0 saturated heterocycles. The Morgan fingerprint density at radius 1 is 1.17 bits per heavy atom. The van der Waals surface area contributed by atoms with E-state index in [0.717, 1.165) is 10.6 Å². The van der Waals surface area contributed by atoms with Crippen LogP contribution in [0, 0.1) is 11.8 Å². The molecule has 0 aromatic heterocycles. The zero-order valence-corrected chi connectivity index (χ0v) is 20.6. The molecular formula is C23H28ClN5O6. The first-order chi connectivity index (χ1) is 16.6. The van der Waals surface area contributed by atoms with Crippen LogP contribution in [0.25, 0.3) is 0 Å². The minimum absolute atomic E-state index is 0.0108. The van der Waals surface area contributed by atoms with Crippen LogP contribution < -0.4 is 15.4 Å². The summed E-state index contributed by atoms with van der Waals surface area (Å²) in [7, 11) is 1.21. The number of hydrogen-bond donors (Lipinski definition) is 3. The van der Waals surface area contributed by atoms with Crippen LogP contribution in [0.3, 0.4) is 0 Å². The molecular weight excluding hydrogens is 478 g/mol. The van der Waals surface area contributed by atoms with Crippen molar-refractivity contribution in [2.24, 2.45) is 10.3 Å². The Kier molecular flexibility index (Phi) is 10.4. The van der Waals surface area contributed by atoms with Crippen molar-refractivity contribution in [2.45, 2.75) is 39.5 Å². The van der Waals surface area contributed by atoms with Crippen LogP contribution in [0.1, 0.15) is 25.0 Å². The molecule has 0 unspecified atom stereocenters. The van der Waals surface area contributed by atoms with Gasteiger partial charge in [0.05, 0.1) is 30.2 Å². The summed E-state index contributed by atoms with van der Waals surface area (Å²) in [6.45, 7) is 5.35. The van der Waals surface area contributed by atoms with Crippen LogP contribution in [0.2, 0.25) is 5.02 Å². The summed E-state index contributed by atoms with van der Waals surface area (Å²) in [6.07, 6.45) is -1.26. The van der Waals surface area contributed by atoms with Gasteiger partial charge in [0.15, 0.2) is 6.10 Å². The Morgan fingerprint density at radius 3 is 2.40 bits per heavy atom. The van der Waals surface area contributed by atoms with Gasteiger partial charge in [0.25, 0.3) is 0 Å². The average Bonchev–Trinajstić information content (AvgIpc) is 2.80. The standard InChI is InChI=1S/C23H28ClN5O6/c1-14(2)35-19-10-9-18(11-15(19)3)26-22(27-23(32)25-12-20(34-4)21(30)31)29(28-33)13-16-5-7-17(24)8-6-16/h5-11,14,20H,12-13H2,1-4H3,(H,30,31)(H2,25,26,27,32)/t20-/m0/s1. The number of amides is 2. The summed E-state index contributed by atoms with van der Waals surface area (Å²) in [4.78, 5) is 39.7. The number of carbonyl (C=O) groups excluding carboxylic acids is 1. The van der Waals surface area contributed by atoms with Crippen molar-refractivity contribution in [2.75, 3.05) is 13.7 Å². The number of aliphatic carboxylic acids is 1. The normalized spacial score (nSPS) is 12.1. The van der Waals surface area contributed by atoms with Crippen LogP contribution in [0.15, 0.2) is 52.7 Å². The molecule has 0 radical (unpaired) electrons. The van der Waals surface area contributed by atoms with Gasteiger partial charge in [0.2, 0.25) is 5.96 Å². The van der Waals surface area contributed by atoms with E-state index in [1.54, 1.807) is 42.5 Å². The van der Waals surface area contributed by atoms with E-state index in [4.69, 9.17) is 26.2 Å². The first-order valence-corrected chi connectivity index (χ1v) is 11.0. The number of carbonyl (C=O) groups is 2. The Morgan fingerprint density at radius 2 is 1.86 bits per heavy atom. The largest absolute Gasteiger partial charge is 0.491 e. The fraction of sp³-hybridized carbons (Fsp3) is 0.348. The van der Waals surface area contributed by atoms with Crippen molar-refractivity contribution in [3.63, 3.8) is 0 Å². The van der Waals surface area contributed by atoms with Crippen molar-refractivity contribution >= 4 is 35.2 Å². The van der Waals surface area contributed by atoms with Gasteiger partial charge in [-0.3, -0.25) is 5.32 Å². The summed E-state index contributed by atoms with van der Waals surface area (Å²) in [6, 6.07) is 11.1. The van der Waals surface area contributed by atoms with Gasteiger partial charge in [0, 0.05) is 12.1 Å². The zero-order chi connectivity index (χ0) is 26.0. The third-order valence-electron chi connectivity index (χ3n) is 4.58. The van der Waals surface area contributed by atoms with Crippen LogP contribution in [0.5, 0.6) is 5.75 Å². The molecule has 0 saturated carbocycles. The number of aryl methyl sites for hydroxylation is 1. The molecule has 3 N–H and O–H groups in total. The Balaban J connectivity index is 2.32. The summed E-state index contributed by atoms with van der Waals surface area (Å²) in [5, 5.41) is 18.4. The molecule has 1 atom stereocenters. The average molecular weight is 506 g/mol. The molecule has 0 bridgehead atoms. The molecule has 0 fully saturated rings. The molecule has 0 aliphatic heterocycles. The number of hydrogen-bond acceptors (Lipinski definition) is 7. The number of benzene rings is 2. The number of rotatable bonds is 10. The van der Waals surface area contributed by atoms with Gasteiger partial charge < -0.3 is 19.9 Å². The van der Waals surface area contributed by atoms with E-state index in [1.165, 1.54) is 7.11 Å². The van der Waals surface area contributed by atoms with Crippen molar-refractivity contribution in [1.29, 1.82) is 0 Å². The predicted molar refractivity (Wildman–Crippen MR) is 132 cm³/mol. The number of carboxylic acid groups (broad SMARTS) is 1. The molecule has 2 rings (SSSR count). The van der Waals surface area contributed by atoms with Crippen molar-refractivity contribution < 1.29 is 24.2 Å². The minimum atomic E-state index is -1.24. The second-order valence-electron chi connectivity index (χ2n) is 7.72. The van der Waals surface area contributed by atoms with E-state index in [-0.39, 0.29) is 25.2 Å². The fourth-order valence-corrected chi connectivity index (χ4v) is 3.00. The highest BCUT2D eigenvalue weighted by molar-refractivity contribution is 6.30. The highest BCUT2D eigenvalue weighted by Gasteiger charge is 2.20. The summed E-state index contributed by atoms with van der Waals surface area (Å²) in [5.74, 6) is -0.731. The summed E-state index contributed by atoms with van der Waals surface area (Å²) < 4.78 is 10.5. The van der Waals surface area contributed by atoms with Crippen LogP contribution >= 0.6 is 11.6 Å². The van der Waals surface area contributed by atoms with Gasteiger partial charge in [-0.15, -0.1) is 4.91 Å². The number of aliphatic imine (C=N–C) groups is 1. The van der Waals surface area contributed by atoms with E-state index in [0.29, 0.717) is 22.0 Å². The lowest BCUT2D eigenvalue weighted by atomic mass is 10.2. The van der Waals surface area contributed by atoms with Gasteiger partial charge in [0.1, 0.15) is 5.75 Å². The molecule has 0 spiro atoms. The van der Waals surface area contributed by atoms with E-state index >= 15 is 0 Å². The Bertz CT molecular complexity index is 1060. The highest BCUT2D eigenvalue weighted by Crippen LogP contribution is 2.25. The van der Waals surface area contributed by atoms with E-state index in [9.17, 15) is 14.5 Å². The molecule has 35 heavy (non-hydrogen) atoms. The highest BCUT2D eigenvalue weighted by atomic mass is 35.5. The summed E-state index contributed by atoms with van der Waals surface area (Å²) >= 11 is 5.92. The lowest BCUT2D eigenvalue weighted by Gasteiger charge is -2.19. The molecule has 2 aromatic rings. The van der Waals surface area contributed by atoms with Crippen molar-refractivity contribution in [1.82, 2.24) is 15.6 Å². The number of nitrogens with one attached hydrogen (secondary N) is 2. The third-order valence-corrected chi connectivity index (χ3v) is 4.83. The maximum Gasteiger partial charge on any atom is 0.334 e. The molecule has 0 heterocycles. The number of ether oxygens (including phenoxy) is 2. The monoisotopic (exact) mass is 505 g/mol. The van der Waals surface area contributed by atoms with Gasteiger partial charge in [-0.25, -0.2) is 14.6 Å².